The van der Waals surface area contributed by atoms with Crippen LogP contribution in [0.5, 0.6) is 0 Å². The molecule has 20 heavy (non-hydrogen) atoms. The monoisotopic (exact) mass is 284 g/mol. The van der Waals surface area contributed by atoms with Gasteiger partial charge in [0.2, 0.25) is 11.8 Å². The van der Waals surface area contributed by atoms with Gasteiger partial charge in [-0.1, -0.05) is 35.6 Å². The molecular weight excluding hydrogens is 272 g/mol. The Morgan fingerprint density at radius 3 is 2.35 bits per heavy atom. The Morgan fingerprint density at radius 1 is 1.05 bits per heavy atom. The number of para-hydroxylation sites is 1. The lowest BCUT2D eigenvalue weighted by atomic mass is 9.85. The lowest BCUT2D eigenvalue weighted by Crippen LogP contribution is -2.30. The number of carbonyl (C=O) groups is 2. The molecule has 1 saturated heterocycles. The molecule has 5 heteroatoms. The van der Waals surface area contributed by atoms with Crippen LogP contribution in [0.1, 0.15) is 12.8 Å². The molecule has 1 aliphatic heterocycles. The summed E-state index contributed by atoms with van der Waals surface area (Å²) in [5.74, 6) is -0.578. The second kappa shape index (κ2) is 4.24. The molecule has 0 saturated carbocycles. The van der Waals surface area contributed by atoms with Gasteiger partial charge in [0.15, 0.2) is 5.13 Å². The predicted octanol–water partition coefficient (Wildman–Crippen LogP) is 2.75. The maximum atomic E-state index is 12.5. The summed E-state index contributed by atoms with van der Waals surface area (Å²) in [6.07, 6.45) is 5.32. The van der Waals surface area contributed by atoms with Crippen LogP contribution in [0.4, 0.5) is 5.13 Å². The number of hydrogen-bond acceptors (Lipinski definition) is 4. The highest BCUT2D eigenvalue weighted by molar-refractivity contribution is 7.22. The van der Waals surface area contributed by atoms with Gasteiger partial charge in [0.25, 0.3) is 0 Å². The smallest absolute Gasteiger partial charge is 0.239 e. The number of benzene rings is 1. The van der Waals surface area contributed by atoms with E-state index < -0.39 is 0 Å². The first-order chi connectivity index (χ1) is 9.75. The van der Waals surface area contributed by atoms with Crippen molar-refractivity contribution in [3.05, 3.63) is 36.4 Å². The summed E-state index contributed by atoms with van der Waals surface area (Å²) < 4.78 is 0.996. The average Bonchev–Trinajstić information content (AvgIpc) is 3.00. The number of aromatic nitrogens is 1. The van der Waals surface area contributed by atoms with Crippen molar-refractivity contribution in [1.29, 1.82) is 0 Å². The fourth-order valence-corrected chi connectivity index (χ4v) is 3.92. The number of rotatable bonds is 1. The molecule has 0 N–H and O–H groups in total. The third-order valence-corrected chi connectivity index (χ3v) is 5.00. The van der Waals surface area contributed by atoms with Crippen LogP contribution < -0.4 is 4.90 Å². The van der Waals surface area contributed by atoms with Gasteiger partial charge in [-0.15, -0.1) is 0 Å². The summed E-state index contributed by atoms with van der Waals surface area (Å²) in [4.78, 5) is 30.7. The van der Waals surface area contributed by atoms with Crippen molar-refractivity contribution in [2.75, 3.05) is 4.90 Å². The molecule has 1 fully saturated rings. The van der Waals surface area contributed by atoms with E-state index in [4.69, 9.17) is 0 Å². The molecule has 2 aromatic rings. The van der Waals surface area contributed by atoms with Crippen LogP contribution in [0.25, 0.3) is 10.2 Å². The van der Waals surface area contributed by atoms with E-state index in [0.717, 1.165) is 10.2 Å². The van der Waals surface area contributed by atoms with Gasteiger partial charge < -0.3 is 0 Å². The third-order valence-electron chi connectivity index (χ3n) is 3.98. The first kappa shape index (κ1) is 11.8. The SMILES string of the molecule is O=C1[C@H]2CC=CC[C@H]2C(=O)N1c1nc2ccccc2s1. The Balaban J connectivity index is 1.78. The third kappa shape index (κ3) is 1.56. The highest BCUT2D eigenvalue weighted by Gasteiger charge is 2.48. The first-order valence-corrected chi connectivity index (χ1v) is 7.46. The second-order valence-corrected chi connectivity index (χ2v) is 6.14. The van der Waals surface area contributed by atoms with E-state index in [2.05, 4.69) is 4.98 Å². The zero-order valence-corrected chi connectivity index (χ0v) is 11.5. The molecule has 0 bridgehead atoms. The van der Waals surface area contributed by atoms with Gasteiger partial charge in [-0.25, -0.2) is 9.88 Å². The van der Waals surface area contributed by atoms with E-state index in [1.54, 1.807) is 0 Å². The molecule has 0 radical (unpaired) electrons. The molecule has 1 aromatic carbocycles. The summed E-state index contributed by atoms with van der Waals surface area (Å²) in [5.41, 5.74) is 0.834. The molecule has 0 spiro atoms. The quantitative estimate of drug-likeness (QED) is 0.597. The predicted molar refractivity (Wildman–Crippen MR) is 77.5 cm³/mol. The van der Waals surface area contributed by atoms with E-state index >= 15 is 0 Å². The van der Waals surface area contributed by atoms with Crippen molar-refractivity contribution in [1.82, 2.24) is 4.98 Å². The van der Waals surface area contributed by atoms with Gasteiger partial charge in [0.05, 0.1) is 22.1 Å². The number of carbonyl (C=O) groups excluding carboxylic acids is 2. The van der Waals surface area contributed by atoms with Crippen molar-refractivity contribution in [2.45, 2.75) is 12.8 Å². The minimum atomic E-state index is -0.195. The van der Waals surface area contributed by atoms with Gasteiger partial charge in [-0.05, 0) is 25.0 Å². The van der Waals surface area contributed by atoms with E-state index in [-0.39, 0.29) is 23.7 Å². The minimum absolute atomic E-state index is 0.0941. The zero-order chi connectivity index (χ0) is 13.7. The number of fused-ring (bicyclic) bond motifs is 2. The van der Waals surface area contributed by atoms with Gasteiger partial charge in [-0.3, -0.25) is 9.59 Å². The molecule has 2 amide bonds. The fourth-order valence-electron chi connectivity index (χ4n) is 2.94. The number of thiazole rings is 1. The molecule has 100 valence electrons. The van der Waals surface area contributed by atoms with E-state index in [1.807, 2.05) is 36.4 Å². The van der Waals surface area contributed by atoms with E-state index in [0.29, 0.717) is 18.0 Å². The van der Waals surface area contributed by atoms with Crippen molar-refractivity contribution in [3.63, 3.8) is 0 Å². The molecule has 0 unspecified atom stereocenters. The maximum Gasteiger partial charge on any atom is 0.239 e. The maximum absolute atomic E-state index is 12.5. The van der Waals surface area contributed by atoms with Gasteiger partial charge in [0.1, 0.15) is 0 Å². The van der Waals surface area contributed by atoms with Crippen LogP contribution >= 0.6 is 11.3 Å². The fraction of sp³-hybridized carbons (Fsp3) is 0.267. The largest absolute Gasteiger partial charge is 0.274 e. The molecule has 2 atom stereocenters. The standard InChI is InChI=1S/C15H12N2O2S/c18-13-9-5-1-2-6-10(9)14(19)17(13)15-16-11-7-3-4-8-12(11)20-15/h1-4,7-10H,5-6H2/t9-,10+. The summed E-state index contributed by atoms with van der Waals surface area (Å²) in [7, 11) is 0. The van der Waals surface area contributed by atoms with Crippen LogP contribution in [-0.4, -0.2) is 16.8 Å². The number of nitrogens with zero attached hydrogens (tertiary/aromatic N) is 2. The van der Waals surface area contributed by atoms with Crippen molar-refractivity contribution in [2.24, 2.45) is 11.8 Å². The van der Waals surface area contributed by atoms with Crippen molar-refractivity contribution in [3.8, 4) is 0 Å². The summed E-state index contributed by atoms with van der Waals surface area (Å²) >= 11 is 1.40. The number of allylic oxidation sites excluding steroid dienone is 2. The Bertz CT molecular complexity index is 690. The minimum Gasteiger partial charge on any atom is -0.274 e. The van der Waals surface area contributed by atoms with E-state index in [9.17, 15) is 9.59 Å². The Morgan fingerprint density at radius 2 is 1.70 bits per heavy atom. The Labute approximate surface area is 119 Å². The average molecular weight is 284 g/mol. The molecular formula is C15H12N2O2S. The Hall–Kier alpha value is -2.01. The van der Waals surface area contributed by atoms with Crippen molar-refractivity contribution >= 4 is 38.5 Å². The van der Waals surface area contributed by atoms with Gasteiger partial charge in [-0.2, -0.15) is 0 Å². The molecule has 4 nitrogen and oxygen atoms in total. The number of imide groups is 1. The Kier molecular flexibility index (Phi) is 2.50. The van der Waals surface area contributed by atoms with Crippen molar-refractivity contribution < 1.29 is 9.59 Å². The summed E-state index contributed by atoms with van der Waals surface area (Å²) in [5, 5.41) is 0.510. The number of anilines is 1. The van der Waals surface area contributed by atoms with Crippen LogP contribution in [0, 0.1) is 11.8 Å². The lowest BCUT2D eigenvalue weighted by Gasteiger charge is -2.14. The molecule has 1 aromatic heterocycles. The normalized spacial score (nSPS) is 25.5. The highest BCUT2D eigenvalue weighted by Crippen LogP contribution is 2.39. The number of hydrogen-bond donors (Lipinski definition) is 0. The zero-order valence-electron chi connectivity index (χ0n) is 10.7. The number of amides is 2. The topological polar surface area (TPSA) is 50.3 Å². The second-order valence-electron chi connectivity index (χ2n) is 5.13. The van der Waals surface area contributed by atoms with Crippen LogP contribution in [0.3, 0.4) is 0 Å². The molecule has 4 rings (SSSR count). The first-order valence-electron chi connectivity index (χ1n) is 6.64. The van der Waals surface area contributed by atoms with Crippen LogP contribution in [0.15, 0.2) is 36.4 Å². The molecule has 2 heterocycles. The molecule has 1 aliphatic carbocycles. The van der Waals surface area contributed by atoms with Gasteiger partial charge >= 0.3 is 0 Å². The lowest BCUT2D eigenvalue weighted by molar-refractivity contribution is -0.122. The van der Waals surface area contributed by atoms with Crippen LogP contribution in [-0.2, 0) is 9.59 Å². The van der Waals surface area contributed by atoms with Crippen LogP contribution in [0.2, 0.25) is 0 Å². The van der Waals surface area contributed by atoms with E-state index in [1.165, 1.54) is 16.2 Å². The highest BCUT2D eigenvalue weighted by atomic mass is 32.1. The summed E-state index contributed by atoms with van der Waals surface area (Å²) in [6, 6.07) is 7.69. The molecule has 2 aliphatic rings. The summed E-state index contributed by atoms with van der Waals surface area (Å²) in [6.45, 7) is 0. The van der Waals surface area contributed by atoms with Gasteiger partial charge in [0, 0.05) is 0 Å².